The van der Waals surface area contributed by atoms with Crippen LogP contribution in [0.1, 0.15) is 42.4 Å². The summed E-state index contributed by atoms with van der Waals surface area (Å²) in [5.74, 6) is -0.528. The van der Waals surface area contributed by atoms with E-state index in [0.29, 0.717) is 23.4 Å². The summed E-state index contributed by atoms with van der Waals surface area (Å²) in [7, 11) is 1.82. The van der Waals surface area contributed by atoms with Gasteiger partial charge in [-0.05, 0) is 31.5 Å². The molecule has 2 aromatic heterocycles. The van der Waals surface area contributed by atoms with Crippen molar-refractivity contribution in [2.24, 2.45) is 13.0 Å². The molecule has 2 heterocycles. The minimum absolute atomic E-state index is 0.0221. The van der Waals surface area contributed by atoms with E-state index in [9.17, 15) is 9.59 Å². The summed E-state index contributed by atoms with van der Waals surface area (Å²) in [5.41, 5.74) is 4.25. The molecule has 0 aliphatic rings. The second kappa shape index (κ2) is 8.94. The molecule has 0 aliphatic heterocycles. The van der Waals surface area contributed by atoms with Crippen molar-refractivity contribution < 1.29 is 14.3 Å². The average Bonchev–Trinajstić information content (AvgIpc) is 3.01. The molecule has 0 unspecified atom stereocenters. The Balaban J connectivity index is 1.86. The van der Waals surface area contributed by atoms with Crippen LogP contribution in [-0.4, -0.2) is 33.2 Å². The van der Waals surface area contributed by atoms with Crippen molar-refractivity contribution in [3.63, 3.8) is 0 Å². The zero-order valence-electron chi connectivity index (χ0n) is 17.9. The highest BCUT2D eigenvalue weighted by atomic mass is 16.5. The zero-order chi connectivity index (χ0) is 21.8. The minimum atomic E-state index is -0.426. The summed E-state index contributed by atoms with van der Waals surface area (Å²) in [5, 5.41) is 11.5. The lowest BCUT2D eigenvalue weighted by Crippen LogP contribution is -2.17. The number of aryl methyl sites for hydroxylation is 2. The molecule has 30 heavy (non-hydrogen) atoms. The number of anilines is 2. The first-order valence-electron chi connectivity index (χ1n) is 9.94. The van der Waals surface area contributed by atoms with E-state index in [0.717, 1.165) is 22.3 Å². The van der Waals surface area contributed by atoms with Gasteiger partial charge in [0.15, 0.2) is 5.65 Å². The summed E-state index contributed by atoms with van der Waals surface area (Å²) >= 11 is 0. The van der Waals surface area contributed by atoms with Crippen LogP contribution in [0.5, 0.6) is 0 Å². The molecule has 0 atom stereocenters. The number of aromatic nitrogens is 3. The summed E-state index contributed by atoms with van der Waals surface area (Å²) in [6.45, 7) is 8.13. The van der Waals surface area contributed by atoms with Crippen molar-refractivity contribution >= 4 is 34.3 Å². The number of pyridine rings is 1. The molecule has 3 rings (SSSR count). The molecule has 8 heteroatoms. The molecule has 158 valence electrons. The summed E-state index contributed by atoms with van der Waals surface area (Å²) in [4.78, 5) is 28.7. The number of benzene rings is 1. The molecule has 0 bridgehead atoms. The number of hydrogen-bond donors (Lipinski definition) is 2. The van der Waals surface area contributed by atoms with Crippen molar-refractivity contribution in [2.75, 3.05) is 17.2 Å². The van der Waals surface area contributed by atoms with E-state index in [1.807, 2.05) is 52.1 Å². The first-order chi connectivity index (χ1) is 14.3. The molecule has 0 spiro atoms. The number of nitrogens with one attached hydrogen (secondary N) is 2. The van der Waals surface area contributed by atoms with E-state index in [4.69, 9.17) is 4.74 Å². The van der Waals surface area contributed by atoms with Crippen LogP contribution in [0.2, 0.25) is 0 Å². The van der Waals surface area contributed by atoms with E-state index in [-0.39, 0.29) is 18.4 Å². The molecular weight excluding hydrogens is 382 g/mol. The fourth-order valence-electron chi connectivity index (χ4n) is 3.14. The Labute approximate surface area is 175 Å². The van der Waals surface area contributed by atoms with Gasteiger partial charge in [-0.3, -0.25) is 9.48 Å². The van der Waals surface area contributed by atoms with Gasteiger partial charge >= 0.3 is 5.97 Å². The van der Waals surface area contributed by atoms with Crippen LogP contribution in [0.15, 0.2) is 30.5 Å². The second-order valence-corrected chi connectivity index (χ2v) is 7.37. The Bertz CT molecular complexity index is 1070. The second-order valence-electron chi connectivity index (χ2n) is 7.37. The van der Waals surface area contributed by atoms with Crippen molar-refractivity contribution in [1.82, 2.24) is 14.8 Å². The van der Waals surface area contributed by atoms with E-state index in [2.05, 4.69) is 20.7 Å². The first-order valence-corrected chi connectivity index (χ1v) is 9.94. The number of hydrogen-bond acceptors (Lipinski definition) is 6. The highest BCUT2D eigenvalue weighted by molar-refractivity contribution is 6.05. The molecule has 2 N–H and O–H groups in total. The molecule has 0 saturated heterocycles. The molecule has 0 radical (unpaired) electrons. The van der Waals surface area contributed by atoms with E-state index in [1.54, 1.807) is 11.6 Å². The van der Waals surface area contributed by atoms with Gasteiger partial charge in [0.25, 0.3) is 0 Å². The fraction of sp³-hybridized carbons (Fsp3) is 0.364. The normalized spacial score (nSPS) is 11.0. The molecule has 1 amide bonds. The predicted molar refractivity (Wildman–Crippen MR) is 116 cm³/mol. The van der Waals surface area contributed by atoms with E-state index >= 15 is 0 Å². The van der Waals surface area contributed by atoms with Crippen molar-refractivity contribution in [2.45, 2.75) is 34.2 Å². The van der Waals surface area contributed by atoms with Crippen LogP contribution in [0, 0.1) is 12.8 Å². The average molecular weight is 409 g/mol. The Morgan fingerprint density at radius 2 is 1.90 bits per heavy atom. The molecule has 0 fully saturated rings. The lowest BCUT2D eigenvalue weighted by atomic mass is 10.1. The molecule has 0 saturated carbocycles. The minimum Gasteiger partial charge on any atom is -0.462 e. The van der Waals surface area contributed by atoms with Crippen LogP contribution in [0.4, 0.5) is 11.4 Å². The molecule has 3 aromatic rings. The smallest absolute Gasteiger partial charge is 0.341 e. The monoisotopic (exact) mass is 409 g/mol. The van der Waals surface area contributed by atoms with Gasteiger partial charge < -0.3 is 15.4 Å². The molecule has 0 aliphatic carbocycles. The van der Waals surface area contributed by atoms with Crippen LogP contribution in [-0.2, 0) is 23.1 Å². The lowest BCUT2D eigenvalue weighted by Gasteiger charge is -2.14. The van der Waals surface area contributed by atoms with Crippen LogP contribution in [0.25, 0.3) is 11.0 Å². The third-order valence-electron chi connectivity index (χ3n) is 4.74. The van der Waals surface area contributed by atoms with E-state index < -0.39 is 5.97 Å². The van der Waals surface area contributed by atoms with Crippen LogP contribution in [0.3, 0.4) is 0 Å². The standard InChI is InChI=1S/C22H27N5O3/c1-6-30-22(29)17-12-24-20-18(14(4)26-27(20)5)19(17)23-11-15-7-9-16(10-8-15)25-21(28)13(2)3/h7-10,12-13H,6,11H2,1-5H3,(H,23,24)(H,25,28). The number of rotatable bonds is 7. The fourth-order valence-corrected chi connectivity index (χ4v) is 3.14. The Morgan fingerprint density at radius 1 is 1.20 bits per heavy atom. The number of carbonyl (C=O) groups excluding carboxylic acids is 2. The maximum absolute atomic E-state index is 12.5. The number of amides is 1. The highest BCUT2D eigenvalue weighted by Crippen LogP contribution is 2.29. The van der Waals surface area contributed by atoms with Crippen LogP contribution >= 0.6 is 0 Å². The van der Waals surface area contributed by atoms with Gasteiger partial charge in [-0.2, -0.15) is 5.10 Å². The van der Waals surface area contributed by atoms with Gasteiger partial charge in [-0.1, -0.05) is 26.0 Å². The Hall–Kier alpha value is -3.42. The quantitative estimate of drug-likeness (QED) is 0.578. The van der Waals surface area contributed by atoms with Gasteiger partial charge in [0.2, 0.25) is 5.91 Å². The number of esters is 1. The molecular formula is C22H27N5O3. The summed E-state index contributed by atoms with van der Waals surface area (Å²) < 4.78 is 6.89. The maximum Gasteiger partial charge on any atom is 0.341 e. The SMILES string of the molecule is CCOC(=O)c1cnc2c(c(C)nn2C)c1NCc1ccc(NC(=O)C(C)C)cc1. The zero-order valence-corrected chi connectivity index (χ0v) is 17.9. The summed E-state index contributed by atoms with van der Waals surface area (Å²) in [6, 6.07) is 7.59. The predicted octanol–water partition coefficient (Wildman–Crippen LogP) is 3.66. The van der Waals surface area contributed by atoms with Crippen molar-refractivity contribution in [1.29, 1.82) is 0 Å². The Morgan fingerprint density at radius 3 is 2.53 bits per heavy atom. The largest absolute Gasteiger partial charge is 0.462 e. The summed E-state index contributed by atoms with van der Waals surface area (Å²) in [6.07, 6.45) is 1.52. The first kappa shape index (κ1) is 21.3. The van der Waals surface area contributed by atoms with Gasteiger partial charge in [0.05, 0.1) is 23.4 Å². The van der Waals surface area contributed by atoms with Gasteiger partial charge in [-0.25, -0.2) is 9.78 Å². The number of fused-ring (bicyclic) bond motifs is 1. The van der Waals surface area contributed by atoms with Crippen molar-refractivity contribution in [3.05, 3.63) is 47.3 Å². The molecule has 1 aromatic carbocycles. The van der Waals surface area contributed by atoms with Gasteiger partial charge in [-0.15, -0.1) is 0 Å². The maximum atomic E-state index is 12.5. The lowest BCUT2D eigenvalue weighted by molar-refractivity contribution is -0.118. The third-order valence-corrected chi connectivity index (χ3v) is 4.74. The van der Waals surface area contributed by atoms with Crippen molar-refractivity contribution in [3.8, 4) is 0 Å². The molecule has 8 nitrogen and oxygen atoms in total. The Kier molecular flexibility index (Phi) is 6.34. The van der Waals surface area contributed by atoms with Crippen LogP contribution < -0.4 is 10.6 Å². The highest BCUT2D eigenvalue weighted by Gasteiger charge is 2.20. The van der Waals surface area contributed by atoms with E-state index in [1.165, 1.54) is 6.20 Å². The number of carbonyl (C=O) groups is 2. The van der Waals surface area contributed by atoms with Gasteiger partial charge in [0, 0.05) is 31.4 Å². The third kappa shape index (κ3) is 4.42. The van der Waals surface area contributed by atoms with Gasteiger partial charge in [0.1, 0.15) is 5.56 Å². The number of nitrogens with zero attached hydrogens (tertiary/aromatic N) is 3. The number of ether oxygens (including phenoxy) is 1. The topological polar surface area (TPSA) is 98.1 Å².